The van der Waals surface area contributed by atoms with E-state index in [1.54, 1.807) is 17.1 Å². The van der Waals surface area contributed by atoms with Gasteiger partial charge in [-0.15, -0.1) is 12.4 Å². The number of nitrogen functional groups attached to an aromatic ring is 1. The summed E-state index contributed by atoms with van der Waals surface area (Å²) in [7, 11) is 0. The SMILES string of the molecule is Cc1c(C)n(N)c2cnccc12.Cl. The largest absolute Gasteiger partial charge is 0.339 e. The van der Waals surface area contributed by atoms with Crippen LogP contribution in [0, 0.1) is 13.8 Å². The Hall–Kier alpha value is -1.22. The van der Waals surface area contributed by atoms with E-state index in [0.29, 0.717) is 0 Å². The molecule has 0 fully saturated rings. The fourth-order valence-electron chi connectivity index (χ4n) is 1.45. The van der Waals surface area contributed by atoms with Crippen molar-refractivity contribution in [1.29, 1.82) is 0 Å². The zero-order chi connectivity index (χ0) is 8.72. The Labute approximate surface area is 82.9 Å². The topological polar surface area (TPSA) is 43.8 Å². The van der Waals surface area contributed by atoms with E-state index in [0.717, 1.165) is 11.2 Å². The van der Waals surface area contributed by atoms with E-state index in [1.807, 2.05) is 13.0 Å². The summed E-state index contributed by atoms with van der Waals surface area (Å²) < 4.78 is 1.68. The Bertz CT molecular complexity index is 395. The van der Waals surface area contributed by atoms with Crippen molar-refractivity contribution in [2.45, 2.75) is 13.8 Å². The van der Waals surface area contributed by atoms with Crippen LogP contribution in [-0.4, -0.2) is 9.66 Å². The van der Waals surface area contributed by atoms with E-state index in [2.05, 4.69) is 11.9 Å². The van der Waals surface area contributed by atoms with E-state index in [9.17, 15) is 0 Å². The first-order chi connectivity index (χ1) is 5.72. The second-order valence-electron chi connectivity index (χ2n) is 2.97. The van der Waals surface area contributed by atoms with Gasteiger partial charge in [0.05, 0.1) is 11.7 Å². The lowest BCUT2D eigenvalue weighted by Crippen LogP contribution is -2.09. The molecule has 0 bridgehead atoms. The first-order valence-corrected chi connectivity index (χ1v) is 3.88. The van der Waals surface area contributed by atoms with Crippen molar-refractivity contribution in [3.8, 4) is 0 Å². The van der Waals surface area contributed by atoms with Gasteiger partial charge in [0.2, 0.25) is 0 Å². The molecule has 13 heavy (non-hydrogen) atoms. The number of nitrogens with zero attached hydrogens (tertiary/aromatic N) is 2. The van der Waals surface area contributed by atoms with Crippen LogP contribution in [-0.2, 0) is 0 Å². The molecule has 2 N–H and O–H groups in total. The molecule has 0 aliphatic rings. The zero-order valence-electron chi connectivity index (χ0n) is 7.61. The number of hydrogen-bond acceptors (Lipinski definition) is 2. The molecule has 70 valence electrons. The van der Waals surface area contributed by atoms with Crippen LogP contribution in [0.25, 0.3) is 10.9 Å². The fraction of sp³-hybridized carbons (Fsp3) is 0.222. The first-order valence-electron chi connectivity index (χ1n) is 3.88. The lowest BCUT2D eigenvalue weighted by atomic mass is 10.2. The summed E-state index contributed by atoms with van der Waals surface area (Å²) in [6, 6.07) is 1.99. The van der Waals surface area contributed by atoms with Crippen molar-refractivity contribution in [2.75, 3.05) is 5.84 Å². The van der Waals surface area contributed by atoms with E-state index >= 15 is 0 Å². The summed E-state index contributed by atoms with van der Waals surface area (Å²) in [6.45, 7) is 4.08. The molecule has 2 heterocycles. The number of pyridine rings is 1. The number of nitrogens with two attached hydrogens (primary N) is 1. The second kappa shape index (κ2) is 3.26. The molecule has 0 amide bonds. The predicted molar refractivity (Wildman–Crippen MR) is 56.6 cm³/mol. The minimum atomic E-state index is 0. The molecule has 3 nitrogen and oxygen atoms in total. The van der Waals surface area contributed by atoms with Gasteiger partial charge < -0.3 is 5.84 Å². The third kappa shape index (κ3) is 1.25. The monoisotopic (exact) mass is 197 g/mol. The highest BCUT2D eigenvalue weighted by molar-refractivity contribution is 5.85. The molecule has 2 aromatic heterocycles. The summed E-state index contributed by atoms with van der Waals surface area (Å²) in [5, 5.41) is 1.19. The maximum absolute atomic E-state index is 5.82. The van der Waals surface area contributed by atoms with Gasteiger partial charge in [0, 0.05) is 17.3 Å². The summed E-state index contributed by atoms with van der Waals surface area (Å²) in [6.07, 6.45) is 3.57. The average Bonchev–Trinajstić information content (AvgIpc) is 2.33. The molecule has 0 aliphatic carbocycles. The van der Waals surface area contributed by atoms with Gasteiger partial charge >= 0.3 is 0 Å². The van der Waals surface area contributed by atoms with Crippen LogP contribution in [0.4, 0.5) is 0 Å². The maximum atomic E-state index is 5.82. The third-order valence-electron chi connectivity index (χ3n) is 2.37. The Morgan fingerprint density at radius 1 is 1.38 bits per heavy atom. The molecule has 4 heteroatoms. The van der Waals surface area contributed by atoms with Crippen LogP contribution in [0.15, 0.2) is 18.5 Å². The number of halogens is 1. The highest BCUT2D eigenvalue weighted by Crippen LogP contribution is 2.21. The van der Waals surface area contributed by atoms with E-state index in [-0.39, 0.29) is 12.4 Å². The van der Waals surface area contributed by atoms with Gasteiger partial charge in [0.1, 0.15) is 0 Å². The zero-order valence-corrected chi connectivity index (χ0v) is 8.43. The Morgan fingerprint density at radius 2 is 2.08 bits per heavy atom. The molecular weight excluding hydrogens is 186 g/mol. The maximum Gasteiger partial charge on any atom is 0.0879 e. The van der Waals surface area contributed by atoms with Gasteiger partial charge in [-0.3, -0.25) is 9.66 Å². The number of hydrogen-bond donors (Lipinski definition) is 1. The first kappa shape index (κ1) is 9.86. The normalized spacial score (nSPS) is 10.0. The lowest BCUT2D eigenvalue weighted by Gasteiger charge is -1.96. The molecule has 0 radical (unpaired) electrons. The molecular formula is C9H12ClN3. The summed E-state index contributed by atoms with van der Waals surface area (Å²) in [5.74, 6) is 5.82. The second-order valence-corrected chi connectivity index (χ2v) is 2.97. The molecule has 0 aliphatic heterocycles. The summed E-state index contributed by atoms with van der Waals surface area (Å²) >= 11 is 0. The average molecular weight is 198 g/mol. The smallest absolute Gasteiger partial charge is 0.0879 e. The van der Waals surface area contributed by atoms with Crippen LogP contribution < -0.4 is 5.84 Å². The summed E-state index contributed by atoms with van der Waals surface area (Å²) in [4.78, 5) is 4.03. The van der Waals surface area contributed by atoms with Crippen LogP contribution in [0.3, 0.4) is 0 Å². The molecule has 2 rings (SSSR count). The highest BCUT2D eigenvalue weighted by atomic mass is 35.5. The number of aromatic nitrogens is 2. The quantitative estimate of drug-likeness (QED) is 0.655. The van der Waals surface area contributed by atoms with E-state index in [4.69, 9.17) is 5.84 Å². The van der Waals surface area contributed by atoms with Crippen molar-refractivity contribution < 1.29 is 0 Å². The van der Waals surface area contributed by atoms with Crippen LogP contribution >= 0.6 is 12.4 Å². The molecule has 0 saturated heterocycles. The number of aryl methyl sites for hydroxylation is 1. The van der Waals surface area contributed by atoms with Gasteiger partial charge in [0.15, 0.2) is 0 Å². The molecule has 2 aromatic rings. The van der Waals surface area contributed by atoms with Gasteiger partial charge in [-0.2, -0.15) is 0 Å². The van der Waals surface area contributed by atoms with Gasteiger partial charge in [0.25, 0.3) is 0 Å². The number of rotatable bonds is 0. The molecule has 0 aromatic carbocycles. The predicted octanol–water partition coefficient (Wildman–Crippen LogP) is 1.79. The molecule has 0 spiro atoms. The van der Waals surface area contributed by atoms with E-state index < -0.39 is 0 Å². The standard InChI is InChI=1S/C9H11N3.ClH/c1-6-7(2)12(10)9-5-11-4-3-8(6)9;/h3-5H,10H2,1-2H3;1H. The van der Waals surface area contributed by atoms with Crippen molar-refractivity contribution in [3.05, 3.63) is 29.7 Å². The van der Waals surface area contributed by atoms with Crippen molar-refractivity contribution >= 4 is 23.3 Å². The molecule has 0 saturated carbocycles. The minimum Gasteiger partial charge on any atom is -0.339 e. The fourth-order valence-corrected chi connectivity index (χ4v) is 1.45. The van der Waals surface area contributed by atoms with Gasteiger partial charge in [-0.05, 0) is 25.5 Å². The Kier molecular flexibility index (Phi) is 2.48. The lowest BCUT2D eigenvalue weighted by molar-refractivity contribution is 0.985. The molecule has 0 atom stereocenters. The van der Waals surface area contributed by atoms with Crippen molar-refractivity contribution in [3.63, 3.8) is 0 Å². The highest BCUT2D eigenvalue weighted by Gasteiger charge is 2.06. The van der Waals surface area contributed by atoms with Crippen LogP contribution in [0.5, 0.6) is 0 Å². The van der Waals surface area contributed by atoms with Crippen LogP contribution in [0.1, 0.15) is 11.3 Å². The Morgan fingerprint density at radius 3 is 2.69 bits per heavy atom. The number of fused-ring (bicyclic) bond motifs is 1. The minimum absolute atomic E-state index is 0. The van der Waals surface area contributed by atoms with Gasteiger partial charge in [-0.1, -0.05) is 0 Å². The van der Waals surface area contributed by atoms with Gasteiger partial charge in [-0.25, -0.2) is 0 Å². The van der Waals surface area contributed by atoms with Crippen LogP contribution in [0.2, 0.25) is 0 Å². The molecule has 0 unspecified atom stereocenters. The Balaban J connectivity index is 0.000000845. The van der Waals surface area contributed by atoms with Crippen molar-refractivity contribution in [2.24, 2.45) is 0 Å². The summed E-state index contributed by atoms with van der Waals surface area (Å²) in [5.41, 5.74) is 3.32. The van der Waals surface area contributed by atoms with Crippen molar-refractivity contribution in [1.82, 2.24) is 9.66 Å². The van der Waals surface area contributed by atoms with E-state index in [1.165, 1.54) is 10.9 Å². The third-order valence-corrected chi connectivity index (χ3v) is 2.37.